The molecule has 1 aromatic heterocycles. The molecule has 0 saturated carbocycles. The SMILES string of the molecule is N#Cc1c(NC(=O)C(=O)N/N=C/c2cc(OCc3ccccc3)ccc2Br)sc2c1CCCC2. The summed E-state index contributed by atoms with van der Waals surface area (Å²) in [6, 6.07) is 17.4. The molecule has 0 atom stereocenters. The number of halogens is 1. The number of hydrogen-bond acceptors (Lipinski definition) is 6. The van der Waals surface area contributed by atoms with Crippen LogP contribution in [0.15, 0.2) is 58.1 Å². The van der Waals surface area contributed by atoms with Gasteiger partial charge in [-0.15, -0.1) is 11.3 Å². The summed E-state index contributed by atoms with van der Waals surface area (Å²) >= 11 is 4.81. The maximum atomic E-state index is 12.3. The second kappa shape index (κ2) is 11.1. The monoisotopic (exact) mass is 536 g/mol. The highest BCUT2D eigenvalue weighted by molar-refractivity contribution is 9.10. The van der Waals surface area contributed by atoms with Crippen LogP contribution in [0.5, 0.6) is 5.75 Å². The average Bonchev–Trinajstić information content (AvgIpc) is 3.21. The number of carbonyl (C=O) groups excluding carboxylic acids is 2. The highest BCUT2D eigenvalue weighted by Gasteiger charge is 2.23. The second-order valence-corrected chi connectivity index (χ2v) is 9.60. The summed E-state index contributed by atoms with van der Waals surface area (Å²) in [5.74, 6) is -1.14. The number of amides is 2. The third-order valence-electron chi connectivity index (χ3n) is 5.30. The number of anilines is 1. The van der Waals surface area contributed by atoms with Crippen molar-refractivity contribution in [3.63, 3.8) is 0 Å². The van der Waals surface area contributed by atoms with Crippen molar-refractivity contribution < 1.29 is 14.3 Å². The standard InChI is InChI=1S/C25H21BrN4O3S/c26-21-11-10-18(33-15-16-6-2-1-3-7-16)12-17(21)14-28-30-24(32)23(31)29-25-20(13-27)19-8-4-5-9-22(19)34-25/h1-3,6-7,10-12,14H,4-5,8-9,15H2,(H,29,31)(H,30,32)/b28-14+. The Bertz CT molecular complexity index is 1280. The number of rotatable bonds is 6. The van der Waals surface area contributed by atoms with E-state index in [0.29, 0.717) is 28.5 Å². The van der Waals surface area contributed by atoms with E-state index in [4.69, 9.17) is 4.74 Å². The zero-order chi connectivity index (χ0) is 23.9. The van der Waals surface area contributed by atoms with Gasteiger partial charge in [-0.3, -0.25) is 9.59 Å². The van der Waals surface area contributed by atoms with Gasteiger partial charge in [-0.2, -0.15) is 10.4 Å². The Morgan fingerprint density at radius 3 is 2.74 bits per heavy atom. The zero-order valence-electron chi connectivity index (χ0n) is 18.1. The number of hydrogen-bond donors (Lipinski definition) is 2. The van der Waals surface area contributed by atoms with Crippen LogP contribution >= 0.6 is 27.3 Å². The third kappa shape index (κ3) is 5.71. The van der Waals surface area contributed by atoms with E-state index in [9.17, 15) is 14.9 Å². The van der Waals surface area contributed by atoms with E-state index in [2.05, 4.69) is 37.8 Å². The molecule has 3 aromatic rings. The van der Waals surface area contributed by atoms with Crippen molar-refractivity contribution in [2.45, 2.75) is 32.3 Å². The normalized spacial score (nSPS) is 12.6. The summed E-state index contributed by atoms with van der Waals surface area (Å²) in [5, 5.41) is 16.4. The van der Waals surface area contributed by atoms with Crippen molar-refractivity contribution in [2.75, 3.05) is 5.32 Å². The predicted octanol–water partition coefficient (Wildman–Crippen LogP) is 4.93. The number of nitrogens with one attached hydrogen (secondary N) is 2. The zero-order valence-corrected chi connectivity index (χ0v) is 20.5. The molecule has 1 aliphatic rings. The van der Waals surface area contributed by atoms with Gasteiger partial charge in [0.1, 0.15) is 23.4 Å². The summed E-state index contributed by atoms with van der Waals surface area (Å²) in [5.41, 5.74) is 5.40. The van der Waals surface area contributed by atoms with Crippen LogP contribution in [-0.2, 0) is 29.0 Å². The minimum absolute atomic E-state index is 0.421. The topological polar surface area (TPSA) is 104 Å². The lowest BCUT2D eigenvalue weighted by molar-refractivity contribution is -0.136. The molecule has 0 radical (unpaired) electrons. The highest BCUT2D eigenvalue weighted by Crippen LogP contribution is 2.37. The Morgan fingerprint density at radius 1 is 1.15 bits per heavy atom. The van der Waals surface area contributed by atoms with Crippen LogP contribution in [0.4, 0.5) is 5.00 Å². The Balaban J connectivity index is 1.36. The first-order valence-corrected chi connectivity index (χ1v) is 12.3. The van der Waals surface area contributed by atoms with Crippen LogP contribution in [0.25, 0.3) is 0 Å². The van der Waals surface area contributed by atoms with E-state index in [1.165, 1.54) is 17.6 Å². The Kier molecular flexibility index (Phi) is 7.72. The molecule has 0 spiro atoms. The van der Waals surface area contributed by atoms with Crippen LogP contribution < -0.4 is 15.5 Å². The first-order valence-electron chi connectivity index (χ1n) is 10.7. The van der Waals surface area contributed by atoms with Gasteiger partial charge in [0.05, 0.1) is 11.8 Å². The van der Waals surface area contributed by atoms with Crippen molar-refractivity contribution in [1.29, 1.82) is 5.26 Å². The Labute approximate surface area is 209 Å². The van der Waals surface area contributed by atoms with E-state index in [-0.39, 0.29) is 0 Å². The number of nitrogens with zero attached hydrogens (tertiary/aromatic N) is 2. The first kappa shape index (κ1) is 23.7. The van der Waals surface area contributed by atoms with Crippen LogP contribution in [0, 0.1) is 11.3 Å². The van der Waals surface area contributed by atoms with Crippen LogP contribution in [0.1, 0.15) is 40.0 Å². The van der Waals surface area contributed by atoms with E-state index in [1.807, 2.05) is 42.5 Å². The van der Waals surface area contributed by atoms with Gasteiger partial charge in [0.25, 0.3) is 0 Å². The Morgan fingerprint density at radius 2 is 1.94 bits per heavy atom. The summed E-state index contributed by atoms with van der Waals surface area (Å²) in [6.45, 7) is 0.423. The van der Waals surface area contributed by atoms with Crippen molar-refractivity contribution >= 4 is 50.3 Å². The van der Waals surface area contributed by atoms with Crippen LogP contribution in [-0.4, -0.2) is 18.0 Å². The lowest BCUT2D eigenvalue weighted by atomic mass is 9.96. The lowest BCUT2D eigenvalue weighted by Crippen LogP contribution is -2.32. The maximum Gasteiger partial charge on any atom is 0.329 e. The maximum absolute atomic E-state index is 12.3. The van der Waals surface area contributed by atoms with Crippen LogP contribution in [0.3, 0.4) is 0 Å². The average molecular weight is 537 g/mol. The molecule has 34 heavy (non-hydrogen) atoms. The van der Waals surface area contributed by atoms with Crippen molar-refractivity contribution in [3.05, 3.63) is 80.1 Å². The van der Waals surface area contributed by atoms with E-state index in [0.717, 1.165) is 46.2 Å². The smallest absolute Gasteiger partial charge is 0.329 e. The minimum atomic E-state index is -0.917. The molecule has 0 aliphatic heterocycles. The summed E-state index contributed by atoms with van der Waals surface area (Å²) < 4.78 is 6.57. The number of thiophene rings is 1. The fourth-order valence-corrected chi connectivity index (χ4v) is 5.18. The van der Waals surface area contributed by atoms with Crippen molar-refractivity contribution in [1.82, 2.24) is 5.43 Å². The van der Waals surface area contributed by atoms with E-state index < -0.39 is 11.8 Å². The van der Waals surface area contributed by atoms with Gasteiger partial charge in [0.15, 0.2) is 0 Å². The van der Waals surface area contributed by atoms with Gasteiger partial charge in [0.2, 0.25) is 0 Å². The molecule has 1 heterocycles. The molecule has 0 bridgehead atoms. The summed E-state index contributed by atoms with van der Waals surface area (Å²) in [4.78, 5) is 25.7. The molecular formula is C25H21BrN4O3S. The molecule has 4 rings (SSSR count). The van der Waals surface area contributed by atoms with Crippen LogP contribution in [0.2, 0.25) is 0 Å². The predicted molar refractivity (Wildman–Crippen MR) is 135 cm³/mol. The van der Waals surface area contributed by atoms with Gasteiger partial charge in [-0.25, -0.2) is 5.43 Å². The van der Waals surface area contributed by atoms with Gasteiger partial charge >= 0.3 is 11.8 Å². The molecule has 9 heteroatoms. The molecule has 0 unspecified atom stereocenters. The quantitative estimate of drug-likeness (QED) is 0.264. The second-order valence-electron chi connectivity index (χ2n) is 7.64. The molecule has 172 valence electrons. The molecule has 7 nitrogen and oxygen atoms in total. The molecule has 0 saturated heterocycles. The number of benzene rings is 2. The van der Waals surface area contributed by atoms with E-state index in [1.54, 1.807) is 6.07 Å². The van der Waals surface area contributed by atoms with Gasteiger partial charge < -0.3 is 10.1 Å². The number of ether oxygens (including phenoxy) is 1. The van der Waals surface area contributed by atoms with Gasteiger partial charge in [-0.1, -0.05) is 46.3 Å². The molecular weight excluding hydrogens is 516 g/mol. The molecule has 2 amide bonds. The number of carbonyl (C=O) groups is 2. The lowest BCUT2D eigenvalue weighted by Gasteiger charge is -2.09. The van der Waals surface area contributed by atoms with E-state index >= 15 is 0 Å². The van der Waals surface area contributed by atoms with Gasteiger partial charge in [-0.05, 0) is 55.0 Å². The van der Waals surface area contributed by atoms with Crippen molar-refractivity contribution in [3.8, 4) is 11.8 Å². The number of aryl methyl sites for hydroxylation is 1. The third-order valence-corrected chi connectivity index (χ3v) is 7.23. The summed E-state index contributed by atoms with van der Waals surface area (Å²) in [7, 11) is 0. The highest BCUT2D eigenvalue weighted by atomic mass is 79.9. The first-order chi connectivity index (χ1) is 16.5. The largest absolute Gasteiger partial charge is 0.489 e. The number of fused-ring (bicyclic) bond motifs is 1. The fourth-order valence-electron chi connectivity index (χ4n) is 3.59. The molecule has 1 aliphatic carbocycles. The number of nitriles is 1. The molecule has 2 N–H and O–H groups in total. The molecule has 2 aromatic carbocycles. The number of hydrazone groups is 1. The summed E-state index contributed by atoms with van der Waals surface area (Å²) in [6.07, 6.45) is 5.23. The fraction of sp³-hybridized carbons (Fsp3) is 0.200. The minimum Gasteiger partial charge on any atom is -0.489 e. The molecule has 0 fully saturated rings. The van der Waals surface area contributed by atoms with Crippen molar-refractivity contribution in [2.24, 2.45) is 5.10 Å². The van der Waals surface area contributed by atoms with Gasteiger partial charge in [0, 0.05) is 14.9 Å². The Hall–Kier alpha value is -3.48.